The molecule has 3 aromatic rings. The standard InChI is InChI=1S/C15H12ClN3O/c1-9-3-2-4-12(13(9)17)15-18-14(19-20-15)10-5-7-11(16)8-6-10/h2-8H,17H2,1H3. The first-order chi connectivity index (χ1) is 9.65. The van der Waals surface area contributed by atoms with Crippen LogP contribution in [0.3, 0.4) is 0 Å². The molecule has 0 unspecified atom stereocenters. The number of nitrogen functional groups attached to an aromatic ring is 1. The van der Waals surface area contributed by atoms with Gasteiger partial charge in [0.05, 0.1) is 5.56 Å². The zero-order chi connectivity index (χ0) is 14.1. The molecule has 0 atom stereocenters. The zero-order valence-electron chi connectivity index (χ0n) is 10.8. The van der Waals surface area contributed by atoms with Crippen molar-refractivity contribution in [3.05, 3.63) is 53.1 Å². The van der Waals surface area contributed by atoms with Gasteiger partial charge in [0.1, 0.15) is 0 Å². The molecule has 100 valence electrons. The van der Waals surface area contributed by atoms with E-state index in [0.717, 1.165) is 16.7 Å². The number of halogens is 1. The Morgan fingerprint density at radius 2 is 1.85 bits per heavy atom. The van der Waals surface area contributed by atoms with E-state index in [2.05, 4.69) is 10.1 Å². The van der Waals surface area contributed by atoms with Gasteiger partial charge in [-0.2, -0.15) is 4.98 Å². The highest BCUT2D eigenvalue weighted by Gasteiger charge is 2.13. The topological polar surface area (TPSA) is 64.9 Å². The number of benzene rings is 2. The maximum absolute atomic E-state index is 6.04. The lowest BCUT2D eigenvalue weighted by molar-refractivity contribution is 0.432. The van der Waals surface area contributed by atoms with Crippen molar-refractivity contribution in [1.82, 2.24) is 10.1 Å². The lowest BCUT2D eigenvalue weighted by atomic mass is 10.1. The Labute approximate surface area is 121 Å². The quantitative estimate of drug-likeness (QED) is 0.724. The summed E-state index contributed by atoms with van der Waals surface area (Å²) in [7, 11) is 0. The van der Waals surface area contributed by atoms with Crippen LogP contribution in [0, 0.1) is 6.92 Å². The Morgan fingerprint density at radius 1 is 1.10 bits per heavy atom. The van der Waals surface area contributed by atoms with Gasteiger partial charge in [-0.05, 0) is 42.8 Å². The van der Waals surface area contributed by atoms with E-state index in [-0.39, 0.29) is 0 Å². The third-order valence-electron chi connectivity index (χ3n) is 3.08. The second-order valence-corrected chi connectivity index (χ2v) is 4.90. The molecule has 0 radical (unpaired) electrons. The molecule has 0 spiro atoms. The monoisotopic (exact) mass is 285 g/mol. The molecule has 0 aliphatic heterocycles. The minimum Gasteiger partial charge on any atom is -0.398 e. The summed E-state index contributed by atoms with van der Waals surface area (Å²) in [6, 6.07) is 13.0. The van der Waals surface area contributed by atoms with Crippen molar-refractivity contribution in [2.45, 2.75) is 6.92 Å². The van der Waals surface area contributed by atoms with Crippen LogP contribution in [-0.4, -0.2) is 10.1 Å². The number of aromatic nitrogens is 2. The van der Waals surface area contributed by atoms with E-state index in [0.29, 0.717) is 22.4 Å². The molecule has 1 aromatic heterocycles. The predicted octanol–water partition coefficient (Wildman–Crippen LogP) is 3.95. The minimum absolute atomic E-state index is 0.413. The van der Waals surface area contributed by atoms with Crippen LogP contribution in [0.25, 0.3) is 22.8 Å². The largest absolute Gasteiger partial charge is 0.398 e. The average molecular weight is 286 g/mol. The van der Waals surface area contributed by atoms with Gasteiger partial charge >= 0.3 is 0 Å². The molecule has 5 heteroatoms. The summed E-state index contributed by atoms with van der Waals surface area (Å²) >= 11 is 5.86. The first-order valence-electron chi connectivity index (χ1n) is 6.10. The second kappa shape index (κ2) is 4.98. The van der Waals surface area contributed by atoms with Gasteiger partial charge in [-0.25, -0.2) is 0 Å². The van der Waals surface area contributed by atoms with E-state index < -0.39 is 0 Å². The molecule has 0 amide bonds. The third-order valence-corrected chi connectivity index (χ3v) is 3.33. The fraction of sp³-hybridized carbons (Fsp3) is 0.0667. The maximum atomic E-state index is 6.04. The number of para-hydroxylation sites is 1. The minimum atomic E-state index is 0.413. The van der Waals surface area contributed by atoms with E-state index in [1.54, 1.807) is 12.1 Å². The Kier molecular flexibility index (Phi) is 3.16. The molecular formula is C15H12ClN3O. The number of hydrogen-bond acceptors (Lipinski definition) is 4. The Bertz CT molecular complexity index is 750. The van der Waals surface area contributed by atoms with Crippen LogP contribution in [0.5, 0.6) is 0 Å². The van der Waals surface area contributed by atoms with Gasteiger partial charge in [-0.1, -0.05) is 28.9 Å². The van der Waals surface area contributed by atoms with Gasteiger partial charge in [-0.3, -0.25) is 0 Å². The molecular weight excluding hydrogens is 274 g/mol. The van der Waals surface area contributed by atoms with Crippen LogP contribution < -0.4 is 5.73 Å². The van der Waals surface area contributed by atoms with Crippen LogP contribution in [-0.2, 0) is 0 Å². The molecule has 2 aromatic carbocycles. The highest BCUT2D eigenvalue weighted by atomic mass is 35.5. The Morgan fingerprint density at radius 3 is 2.60 bits per heavy atom. The van der Waals surface area contributed by atoms with Crippen molar-refractivity contribution in [3.8, 4) is 22.8 Å². The second-order valence-electron chi connectivity index (χ2n) is 4.47. The fourth-order valence-corrected chi connectivity index (χ4v) is 2.04. The summed E-state index contributed by atoms with van der Waals surface area (Å²) in [6.45, 7) is 1.94. The molecule has 4 nitrogen and oxygen atoms in total. The van der Waals surface area contributed by atoms with Crippen molar-refractivity contribution in [3.63, 3.8) is 0 Å². The first kappa shape index (κ1) is 12.7. The van der Waals surface area contributed by atoms with E-state index in [1.807, 2.05) is 37.3 Å². The summed E-state index contributed by atoms with van der Waals surface area (Å²) in [5.41, 5.74) is 9.26. The van der Waals surface area contributed by atoms with Crippen molar-refractivity contribution in [2.24, 2.45) is 0 Å². The fourth-order valence-electron chi connectivity index (χ4n) is 1.92. The number of anilines is 1. The number of nitrogens with two attached hydrogens (primary N) is 1. The van der Waals surface area contributed by atoms with Gasteiger partial charge in [0, 0.05) is 16.3 Å². The number of aryl methyl sites for hydroxylation is 1. The van der Waals surface area contributed by atoms with Gasteiger partial charge < -0.3 is 10.3 Å². The van der Waals surface area contributed by atoms with Crippen LogP contribution in [0.1, 0.15) is 5.56 Å². The lowest BCUT2D eigenvalue weighted by Crippen LogP contribution is -1.93. The number of hydrogen-bond donors (Lipinski definition) is 1. The SMILES string of the molecule is Cc1cccc(-c2nc(-c3ccc(Cl)cc3)no2)c1N. The van der Waals surface area contributed by atoms with E-state index in [9.17, 15) is 0 Å². The van der Waals surface area contributed by atoms with Gasteiger partial charge in [0.15, 0.2) is 0 Å². The Hall–Kier alpha value is -2.33. The van der Waals surface area contributed by atoms with E-state index >= 15 is 0 Å². The van der Waals surface area contributed by atoms with E-state index in [4.69, 9.17) is 21.9 Å². The normalized spacial score (nSPS) is 10.7. The summed E-state index contributed by atoms with van der Waals surface area (Å²) in [5, 5.41) is 4.65. The van der Waals surface area contributed by atoms with Crippen LogP contribution >= 0.6 is 11.6 Å². The van der Waals surface area contributed by atoms with Crippen LogP contribution in [0.15, 0.2) is 47.0 Å². The van der Waals surface area contributed by atoms with E-state index in [1.165, 1.54) is 0 Å². The highest BCUT2D eigenvalue weighted by molar-refractivity contribution is 6.30. The third kappa shape index (κ3) is 2.26. The zero-order valence-corrected chi connectivity index (χ0v) is 11.6. The lowest BCUT2D eigenvalue weighted by Gasteiger charge is -2.03. The number of rotatable bonds is 2. The molecule has 0 saturated carbocycles. The average Bonchev–Trinajstić information content (AvgIpc) is 2.92. The van der Waals surface area contributed by atoms with Crippen LogP contribution in [0.4, 0.5) is 5.69 Å². The molecule has 0 saturated heterocycles. The number of nitrogens with zero attached hydrogens (tertiary/aromatic N) is 2. The molecule has 0 fully saturated rings. The highest BCUT2D eigenvalue weighted by Crippen LogP contribution is 2.28. The predicted molar refractivity (Wildman–Crippen MR) is 79.3 cm³/mol. The summed E-state index contributed by atoms with van der Waals surface area (Å²) in [5.74, 6) is 0.925. The molecule has 0 aliphatic rings. The van der Waals surface area contributed by atoms with Crippen molar-refractivity contribution >= 4 is 17.3 Å². The molecule has 2 N–H and O–H groups in total. The van der Waals surface area contributed by atoms with Crippen molar-refractivity contribution < 1.29 is 4.52 Å². The molecule has 0 bridgehead atoms. The molecule has 3 rings (SSSR count). The summed E-state index contributed by atoms with van der Waals surface area (Å²) in [4.78, 5) is 4.38. The molecule has 20 heavy (non-hydrogen) atoms. The molecule has 1 heterocycles. The maximum Gasteiger partial charge on any atom is 0.260 e. The van der Waals surface area contributed by atoms with Gasteiger partial charge in [0.25, 0.3) is 5.89 Å². The molecule has 0 aliphatic carbocycles. The Balaban J connectivity index is 2.02. The summed E-state index contributed by atoms with van der Waals surface area (Å²) in [6.07, 6.45) is 0. The van der Waals surface area contributed by atoms with Crippen LogP contribution in [0.2, 0.25) is 5.02 Å². The summed E-state index contributed by atoms with van der Waals surface area (Å²) < 4.78 is 5.30. The van der Waals surface area contributed by atoms with Crippen molar-refractivity contribution in [1.29, 1.82) is 0 Å². The van der Waals surface area contributed by atoms with Gasteiger partial charge in [0.2, 0.25) is 5.82 Å². The first-order valence-corrected chi connectivity index (χ1v) is 6.48. The smallest absolute Gasteiger partial charge is 0.260 e. The van der Waals surface area contributed by atoms with Gasteiger partial charge in [-0.15, -0.1) is 0 Å². The van der Waals surface area contributed by atoms with Crippen molar-refractivity contribution in [2.75, 3.05) is 5.73 Å².